The Balaban J connectivity index is 0.00000112. The number of morpholine rings is 1. The Kier molecular flexibility index (Phi) is 4.79. The molecule has 5 nitrogen and oxygen atoms in total. The summed E-state index contributed by atoms with van der Waals surface area (Å²) in [6, 6.07) is 0.299. The molecule has 88 valence electrons. The van der Waals surface area contributed by atoms with Crippen LogP contribution in [0.3, 0.4) is 0 Å². The van der Waals surface area contributed by atoms with E-state index in [1.807, 2.05) is 4.90 Å². The number of nitrogens with one attached hydrogen (secondary N) is 1. The second-order valence-corrected chi connectivity index (χ2v) is 3.80. The average Bonchev–Trinajstić information content (AvgIpc) is 2.27. The number of fused-ring (bicyclic) bond motifs is 1. The maximum absolute atomic E-state index is 11.4. The second kappa shape index (κ2) is 5.65. The molecule has 15 heavy (non-hydrogen) atoms. The lowest BCUT2D eigenvalue weighted by Crippen LogP contribution is -2.59. The van der Waals surface area contributed by atoms with Gasteiger partial charge in [-0.25, -0.2) is 0 Å². The molecule has 0 radical (unpaired) electrons. The predicted octanol–water partition coefficient (Wildman–Crippen LogP) is -1.04. The van der Waals surface area contributed by atoms with Crippen LogP contribution in [0, 0.1) is 0 Å². The molecule has 0 aromatic heterocycles. The number of likely N-dealkylation sites (tertiary alicyclic amines) is 1. The van der Waals surface area contributed by atoms with Gasteiger partial charge in [0.15, 0.2) is 0 Å². The Morgan fingerprint density at radius 1 is 1.60 bits per heavy atom. The van der Waals surface area contributed by atoms with Crippen LogP contribution in [0.15, 0.2) is 0 Å². The van der Waals surface area contributed by atoms with Crippen LogP contribution in [0.25, 0.3) is 0 Å². The van der Waals surface area contributed by atoms with Crippen LogP contribution in [-0.4, -0.2) is 55.7 Å². The van der Waals surface area contributed by atoms with Crippen LogP contribution in [-0.2, 0) is 9.53 Å². The van der Waals surface area contributed by atoms with E-state index >= 15 is 0 Å². The Bertz CT molecular complexity index is 227. The van der Waals surface area contributed by atoms with Gasteiger partial charge in [0.2, 0.25) is 5.91 Å². The van der Waals surface area contributed by atoms with Crippen LogP contribution < -0.4 is 11.1 Å². The first-order valence-electron chi connectivity index (χ1n) is 5.14. The van der Waals surface area contributed by atoms with Crippen molar-refractivity contribution in [1.82, 2.24) is 10.2 Å². The van der Waals surface area contributed by atoms with E-state index in [9.17, 15) is 4.79 Å². The van der Waals surface area contributed by atoms with Gasteiger partial charge < -0.3 is 20.7 Å². The van der Waals surface area contributed by atoms with Crippen LogP contribution >= 0.6 is 12.4 Å². The highest BCUT2D eigenvalue weighted by Crippen LogP contribution is 2.16. The number of rotatable bonds is 1. The van der Waals surface area contributed by atoms with Gasteiger partial charge in [0, 0.05) is 19.6 Å². The highest BCUT2D eigenvalue weighted by molar-refractivity contribution is 5.85. The Morgan fingerprint density at radius 2 is 2.40 bits per heavy atom. The van der Waals surface area contributed by atoms with Crippen molar-refractivity contribution in [2.24, 2.45) is 5.73 Å². The molecular formula is C9H18ClN3O2. The van der Waals surface area contributed by atoms with Crippen molar-refractivity contribution in [2.75, 3.05) is 32.8 Å². The molecule has 0 bridgehead atoms. The Morgan fingerprint density at radius 3 is 3.13 bits per heavy atom. The van der Waals surface area contributed by atoms with E-state index in [-0.39, 0.29) is 31.0 Å². The van der Waals surface area contributed by atoms with Crippen LogP contribution in [0.4, 0.5) is 0 Å². The Hall–Kier alpha value is -0.360. The molecule has 2 heterocycles. The predicted molar refractivity (Wildman–Crippen MR) is 59.0 cm³/mol. The van der Waals surface area contributed by atoms with Crippen LogP contribution in [0.5, 0.6) is 0 Å². The molecule has 3 N–H and O–H groups in total. The van der Waals surface area contributed by atoms with E-state index in [1.165, 1.54) is 0 Å². The summed E-state index contributed by atoms with van der Waals surface area (Å²) in [4.78, 5) is 13.2. The number of nitrogens with zero attached hydrogens (tertiary/aromatic N) is 1. The first-order valence-corrected chi connectivity index (χ1v) is 5.14. The zero-order valence-corrected chi connectivity index (χ0v) is 9.46. The van der Waals surface area contributed by atoms with E-state index in [2.05, 4.69) is 5.32 Å². The summed E-state index contributed by atoms with van der Waals surface area (Å²) in [5.74, 6) is 0.0378. The van der Waals surface area contributed by atoms with E-state index in [0.717, 1.165) is 32.7 Å². The average molecular weight is 236 g/mol. The zero-order valence-electron chi connectivity index (χ0n) is 8.65. The largest absolute Gasteiger partial charge is 0.375 e. The SMILES string of the molecule is Cl.NCC(=O)N1CCC2OCCNC2C1. The maximum Gasteiger partial charge on any atom is 0.236 e. The molecule has 0 spiro atoms. The smallest absolute Gasteiger partial charge is 0.236 e. The molecule has 2 fully saturated rings. The Labute approximate surface area is 95.7 Å². The van der Waals surface area contributed by atoms with E-state index in [4.69, 9.17) is 10.5 Å². The highest BCUT2D eigenvalue weighted by atomic mass is 35.5. The summed E-state index contributed by atoms with van der Waals surface area (Å²) < 4.78 is 5.61. The molecule has 0 saturated carbocycles. The van der Waals surface area contributed by atoms with Crippen molar-refractivity contribution in [3.05, 3.63) is 0 Å². The number of ether oxygens (including phenoxy) is 1. The first kappa shape index (κ1) is 12.7. The van der Waals surface area contributed by atoms with Gasteiger partial charge in [-0.15, -0.1) is 12.4 Å². The molecule has 6 heteroatoms. The van der Waals surface area contributed by atoms with Gasteiger partial charge in [0.1, 0.15) is 0 Å². The molecule has 1 amide bonds. The lowest BCUT2D eigenvalue weighted by atomic mass is 10.0. The van der Waals surface area contributed by atoms with Gasteiger partial charge >= 0.3 is 0 Å². The van der Waals surface area contributed by atoms with Gasteiger partial charge in [-0.05, 0) is 6.42 Å². The molecular weight excluding hydrogens is 218 g/mol. The topological polar surface area (TPSA) is 67.6 Å². The number of carbonyl (C=O) groups is 1. The number of nitrogens with two attached hydrogens (primary N) is 1. The van der Waals surface area contributed by atoms with E-state index < -0.39 is 0 Å². The van der Waals surface area contributed by atoms with E-state index in [0.29, 0.717) is 6.04 Å². The van der Waals surface area contributed by atoms with Gasteiger partial charge in [-0.3, -0.25) is 4.79 Å². The number of amides is 1. The molecule has 0 aromatic carbocycles. The number of piperidine rings is 1. The number of carbonyl (C=O) groups excluding carboxylic acids is 1. The summed E-state index contributed by atoms with van der Waals surface area (Å²) in [7, 11) is 0. The third-order valence-electron chi connectivity index (χ3n) is 2.92. The molecule has 2 saturated heterocycles. The van der Waals surface area contributed by atoms with Crippen molar-refractivity contribution >= 4 is 18.3 Å². The second-order valence-electron chi connectivity index (χ2n) is 3.80. The molecule has 2 atom stereocenters. The quantitative estimate of drug-likeness (QED) is 0.609. The van der Waals surface area contributed by atoms with Gasteiger partial charge in [0.05, 0.1) is 25.3 Å². The van der Waals surface area contributed by atoms with E-state index in [1.54, 1.807) is 0 Å². The monoisotopic (exact) mass is 235 g/mol. The summed E-state index contributed by atoms with van der Waals surface area (Å²) in [6.45, 7) is 3.29. The summed E-state index contributed by atoms with van der Waals surface area (Å²) in [5, 5.41) is 3.37. The normalized spacial score (nSPS) is 30.3. The molecule has 2 aliphatic rings. The fraction of sp³-hybridized carbons (Fsp3) is 0.889. The first-order chi connectivity index (χ1) is 6.81. The minimum Gasteiger partial charge on any atom is -0.375 e. The number of hydrogen-bond donors (Lipinski definition) is 2. The summed E-state index contributed by atoms with van der Waals surface area (Å²) in [6.07, 6.45) is 1.20. The van der Waals surface area contributed by atoms with Crippen LogP contribution in [0.1, 0.15) is 6.42 Å². The standard InChI is InChI=1S/C9H17N3O2.ClH/c10-5-9(13)12-3-1-8-7(6-12)11-2-4-14-8;/h7-8,11H,1-6,10H2;1H. The van der Waals surface area contributed by atoms with Crippen molar-refractivity contribution in [3.8, 4) is 0 Å². The van der Waals surface area contributed by atoms with Crippen molar-refractivity contribution in [1.29, 1.82) is 0 Å². The number of halogens is 1. The molecule has 2 aliphatic heterocycles. The third-order valence-corrected chi connectivity index (χ3v) is 2.92. The minimum atomic E-state index is 0. The van der Waals surface area contributed by atoms with Crippen molar-refractivity contribution in [2.45, 2.75) is 18.6 Å². The zero-order chi connectivity index (χ0) is 9.97. The number of hydrogen-bond acceptors (Lipinski definition) is 4. The highest BCUT2D eigenvalue weighted by Gasteiger charge is 2.33. The summed E-state index contributed by atoms with van der Waals surface area (Å²) in [5.41, 5.74) is 5.33. The fourth-order valence-electron chi connectivity index (χ4n) is 2.14. The maximum atomic E-state index is 11.4. The van der Waals surface area contributed by atoms with Crippen molar-refractivity contribution < 1.29 is 9.53 Å². The van der Waals surface area contributed by atoms with Gasteiger partial charge in [-0.2, -0.15) is 0 Å². The molecule has 2 unspecified atom stereocenters. The third kappa shape index (κ3) is 2.81. The van der Waals surface area contributed by atoms with Crippen molar-refractivity contribution in [3.63, 3.8) is 0 Å². The fourth-order valence-corrected chi connectivity index (χ4v) is 2.14. The molecule has 0 aromatic rings. The van der Waals surface area contributed by atoms with Gasteiger partial charge in [-0.1, -0.05) is 0 Å². The molecule has 0 aliphatic carbocycles. The van der Waals surface area contributed by atoms with Crippen LogP contribution in [0.2, 0.25) is 0 Å². The molecule has 2 rings (SSSR count). The van der Waals surface area contributed by atoms with Gasteiger partial charge in [0.25, 0.3) is 0 Å². The lowest BCUT2D eigenvalue weighted by molar-refractivity contribution is -0.134. The minimum absolute atomic E-state index is 0. The lowest BCUT2D eigenvalue weighted by Gasteiger charge is -2.41. The summed E-state index contributed by atoms with van der Waals surface area (Å²) >= 11 is 0.